The number of hydrogen-bond acceptors (Lipinski definition) is 1. The van der Waals surface area contributed by atoms with Gasteiger partial charge in [-0.25, -0.2) is 0 Å². The van der Waals surface area contributed by atoms with E-state index in [1.54, 1.807) is 0 Å². The molecule has 8 aromatic carbocycles. The van der Waals surface area contributed by atoms with Crippen molar-refractivity contribution in [3.8, 4) is 44.5 Å². The summed E-state index contributed by atoms with van der Waals surface area (Å²) in [7, 11) is 0. The quantitative estimate of drug-likeness (QED) is 0.188. The summed E-state index contributed by atoms with van der Waals surface area (Å²) in [5.41, 5.74) is 3.19. The van der Waals surface area contributed by atoms with Crippen molar-refractivity contribution in [1.82, 2.24) is 0 Å². The molecule has 1 heterocycles. The molecule has 0 aliphatic carbocycles. The molecule has 1 heteroatoms. The zero-order chi connectivity index (χ0) is 39.3. The zero-order valence-corrected chi connectivity index (χ0v) is 23.7. The Morgan fingerprint density at radius 1 is 0.356 bits per heavy atom. The Bertz CT molecular complexity index is 3100. The van der Waals surface area contributed by atoms with E-state index in [1.807, 2.05) is 78.9 Å². The third-order valence-electron chi connectivity index (χ3n) is 8.22. The number of rotatable bonds is 4. The smallest absolute Gasteiger partial charge is 0.135 e. The molecule has 9 aromatic rings. The van der Waals surface area contributed by atoms with Crippen molar-refractivity contribution in [3.63, 3.8) is 0 Å². The van der Waals surface area contributed by atoms with E-state index < -0.39 is 54.4 Å². The second kappa shape index (κ2) is 10.4. The minimum Gasteiger partial charge on any atom is -0.456 e. The fraction of sp³-hybridized carbons (Fsp3) is 0. The number of benzene rings is 8. The van der Waals surface area contributed by atoms with E-state index in [-0.39, 0.29) is 50.7 Å². The maximum absolute atomic E-state index is 9.75. The molecular weight excluding hydrogens is 544 g/mol. The first-order valence-electron chi connectivity index (χ1n) is 20.1. The number of para-hydroxylation sites is 1. The lowest BCUT2D eigenvalue weighted by Crippen LogP contribution is -1.92. The lowest BCUT2D eigenvalue weighted by Gasteiger charge is -2.20. The van der Waals surface area contributed by atoms with Crippen LogP contribution in [0.4, 0.5) is 0 Å². The molecule has 0 bridgehead atoms. The molecule has 9 rings (SSSR count). The average Bonchev–Trinajstić information content (AvgIpc) is 3.63. The Morgan fingerprint density at radius 3 is 1.69 bits per heavy atom. The van der Waals surface area contributed by atoms with E-state index in [0.29, 0.717) is 16.3 Å². The van der Waals surface area contributed by atoms with Gasteiger partial charge in [-0.1, -0.05) is 145 Å². The highest BCUT2D eigenvalue weighted by Gasteiger charge is 2.19. The van der Waals surface area contributed by atoms with Gasteiger partial charge in [-0.15, -0.1) is 0 Å². The van der Waals surface area contributed by atoms with Crippen LogP contribution in [0.15, 0.2) is 174 Å². The van der Waals surface area contributed by atoms with Crippen molar-refractivity contribution in [3.05, 3.63) is 170 Å². The molecule has 0 saturated carbocycles. The Labute approximate surface area is 277 Å². The normalized spacial score (nSPS) is 15.0. The van der Waals surface area contributed by atoms with Crippen LogP contribution in [0.5, 0.6) is 0 Å². The van der Waals surface area contributed by atoms with Crippen LogP contribution in [-0.4, -0.2) is 0 Å². The molecular formula is C44H28O. The summed E-state index contributed by atoms with van der Waals surface area (Å²) >= 11 is 0. The van der Waals surface area contributed by atoms with Crippen LogP contribution in [-0.2, 0) is 0 Å². The van der Waals surface area contributed by atoms with Crippen molar-refractivity contribution in [2.45, 2.75) is 0 Å². The molecule has 0 aliphatic heterocycles. The molecule has 0 N–H and O–H groups in total. The summed E-state index contributed by atoms with van der Waals surface area (Å²) in [5, 5.41) is 2.68. The first kappa shape index (κ1) is 16.8. The highest BCUT2D eigenvalue weighted by molar-refractivity contribution is 6.22. The van der Waals surface area contributed by atoms with Gasteiger partial charge in [-0.05, 0) is 90.2 Å². The van der Waals surface area contributed by atoms with Crippen molar-refractivity contribution in [1.29, 1.82) is 0 Å². The fourth-order valence-corrected chi connectivity index (χ4v) is 6.28. The largest absolute Gasteiger partial charge is 0.456 e. The van der Waals surface area contributed by atoms with E-state index in [4.69, 9.17) is 15.4 Å². The second-order valence-corrected chi connectivity index (χ2v) is 10.8. The number of hydrogen-bond donors (Lipinski definition) is 0. The Balaban J connectivity index is 1.41. The van der Waals surface area contributed by atoms with Crippen LogP contribution in [0.2, 0.25) is 0 Å². The summed E-state index contributed by atoms with van der Waals surface area (Å²) in [4.78, 5) is 0. The molecule has 0 atom stereocenters. The van der Waals surface area contributed by atoms with Gasteiger partial charge in [-0.2, -0.15) is 0 Å². The van der Waals surface area contributed by atoms with Gasteiger partial charge in [0, 0.05) is 10.8 Å². The fourth-order valence-electron chi connectivity index (χ4n) is 6.28. The third-order valence-corrected chi connectivity index (χ3v) is 8.22. The molecule has 0 aliphatic rings. The van der Waals surface area contributed by atoms with E-state index in [2.05, 4.69) is 24.3 Å². The molecule has 0 unspecified atom stereocenters. The first-order chi connectivity index (χ1) is 26.9. The Hall–Kier alpha value is -5.92. The SMILES string of the molecule is [2H]c1c([2H])c(-c2c([2H])c([2H])c3oc4c([2H])c([2H])c([2H])c([2H])c4c3c2[2H])c([2H])c(-c2c3ccccc3c(-c3ccccc3-c3ccccc3)c3ccccc23)c1[2H]. The topological polar surface area (TPSA) is 13.1 Å². The lowest BCUT2D eigenvalue weighted by atomic mass is 9.83. The molecule has 0 radical (unpaired) electrons. The minimum absolute atomic E-state index is 0.0145. The number of fused-ring (bicyclic) bond motifs is 5. The highest BCUT2D eigenvalue weighted by Crippen LogP contribution is 2.46. The van der Waals surface area contributed by atoms with Gasteiger partial charge in [0.1, 0.15) is 11.2 Å². The van der Waals surface area contributed by atoms with Crippen molar-refractivity contribution in [2.24, 2.45) is 0 Å². The minimum atomic E-state index is -0.582. The predicted octanol–water partition coefficient (Wildman–Crippen LogP) is 12.6. The molecule has 0 amide bonds. The lowest BCUT2D eigenvalue weighted by molar-refractivity contribution is 0.669. The summed E-state index contributed by atoms with van der Waals surface area (Å²) in [5.74, 6) is 0. The van der Waals surface area contributed by atoms with Crippen LogP contribution in [0.25, 0.3) is 88.0 Å². The van der Waals surface area contributed by atoms with Crippen LogP contribution < -0.4 is 0 Å². The van der Waals surface area contributed by atoms with Crippen molar-refractivity contribution in [2.75, 3.05) is 0 Å². The van der Waals surface area contributed by atoms with E-state index in [9.17, 15) is 4.11 Å². The average molecular weight is 584 g/mol. The van der Waals surface area contributed by atoms with Crippen molar-refractivity contribution < 1.29 is 19.5 Å². The monoisotopic (exact) mass is 583 g/mol. The van der Waals surface area contributed by atoms with E-state index in [0.717, 1.165) is 33.0 Å². The van der Waals surface area contributed by atoms with Gasteiger partial charge in [0.15, 0.2) is 0 Å². The van der Waals surface area contributed by atoms with Gasteiger partial charge >= 0.3 is 0 Å². The van der Waals surface area contributed by atoms with Gasteiger partial charge in [-0.3, -0.25) is 0 Å². The van der Waals surface area contributed by atoms with Crippen molar-refractivity contribution >= 4 is 43.5 Å². The van der Waals surface area contributed by atoms with Gasteiger partial charge in [0.2, 0.25) is 0 Å². The molecule has 0 spiro atoms. The van der Waals surface area contributed by atoms with Crippen LogP contribution >= 0.6 is 0 Å². The van der Waals surface area contributed by atoms with E-state index >= 15 is 0 Å². The second-order valence-electron chi connectivity index (χ2n) is 10.8. The molecule has 1 aromatic heterocycles. The molecule has 45 heavy (non-hydrogen) atoms. The first-order valence-corrected chi connectivity index (χ1v) is 14.6. The number of furan rings is 1. The van der Waals surface area contributed by atoms with Crippen LogP contribution in [0, 0.1) is 0 Å². The molecule has 210 valence electrons. The summed E-state index contributed by atoms with van der Waals surface area (Å²) < 4.78 is 104. The van der Waals surface area contributed by atoms with Gasteiger partial charge in [0.05, 0.1) is 15.1 Å². The standard InChI is InChI=1S/C44H28O/c1-2-13-29(14-3-1)33-17-4-5-19-35(33)44-38-22-8-6-20-36(38)43(37-21-7-9-23-39(37)44)32-16-12-15-30(27-32)31-25-26-42-40(28-31)34-18-10-11-24-41(34)45-42/h1-28H/i10D,11D,12D,15D,16D,18D,24D,25D,26D,27D,28D. The summed E-state index contributed by atoms with van der Waals surface area (Å²) in [6, 6.07) is 27.8. The summed E-state index contributed by atoms with van der Waals surface area (Å²) in [6.07, 6.45) is 0. The summed E-state index contributed by atoms with van der Waals surface area (Å²) in [6.45, 7) is 0. The zero-order valence-electron chi connectivity index (χ0n) is 34.7. The molecule has 0 fully saturated rings. The van der Waals surface area contributed by atoms with Crippen LogP contribution in [0.3, 0.4) is 0 Å². The predicted molar refractivity (Wildman–Crippen MR) is 190 cm³/mol. The maximum atomic E-state index is 9.75. The van der Waals surface area contributed by atoms with E-state index in [1.165, 1.54) is 0 Å². The maximum Gasteiger partial charge on any atom is 0.135 e. The Morgan fingerprint density at radius 2 is 0.933 bits per heavy atom. The van der Waals surface area contributed by atoms with Gasteiger partial charge < -0.3 is 4.42 Å². The molecule has 0 saturated heterocycles. The van der Waals surface area contributed by atoms with Crippen LogP contribution in [0.1, 0.15) is 15.1 Å². The third kappa shape index (κ3) is 4.17. The Kier molecular flexibility index (Phi) is 3.87. The molecule has 1 nitrogen and oxygen atoms in total. The van der Waals surface area contributed by atoms with Gasteiger partial charge in [0.25, 0.3) is 0 Å². The highest BCUT2D eigenvalue weighted by atomic mass is 16.3.